The molecular weight excluding hydrogens is 504 g/mol. The van der Waals surface area contributed by atoms with Gasteiger partial charge in [0.15, 0.2) is 0 Å². The van der Waals surface area contributed by atoms with Crippen LogP contribution in [-0.2, 0) is 23.1 Å². The molecule has 0 radical (unpaired) electrons. The van der Waals surface area contributed by atoms with Crippen LogP contribution in [0, 0.1) is 0 Å². The number of anilines is 2. The number of hydrogen-bond acceptors (Lipinski definition) is 7. The van der Waals surface area contributed by atoms with Gasteiger partial charge in [0.1, 0.15) is 11.4 Å². The van der Waals surface area contributed by atoms with E-state index in [-0.39, 0.29) is 23.2 Å². The van der Waals surface area contributed by atoms with E-state index in [1.807, 2.05) is 29.2 Å². The maximum absolute atomic E-state index is 13.4. The van der Waals surface area contributed by atoms with Crippen LogP contribution in [0.3, 0.4) is 0 Å². The highest BCUT2D eigenvalue weighted by Crippen LogP contribution is 2.42. The zero-order valence-corrected chi connectivity index (χ0v) is 23.4. The van der Waals surface area contributed by atoms with Crippen molar-refractivity contribution in [2.45, 2.75) is 70.3 Å². The fourth-order valence-corrected chi connectivity index (χ4v) is 6.66. The molecule has 0 bridgehead atoms. The van der Waals surface area contributed by atoms with Crippen LogP contribution in [0.1, 0.15) is 73.1 Å². The summed E-state index contributed by atoms with van der Waals surface area (Å²) in [5.74, 6) is 0.0385. The van der Waals surface area contributed by atoms with Gasteiger partial charge in [-0.3, -0.25) is 14.7 Å². The summed E-state index contributed by atoms with van der Waals surface area (Å²) in [6, 6.07) is 8.15. The minimum atomic E-state index is -0.350. The van der Waals surface area contributed by atoms with Crippen LogP contribution in [0.4, 0.5) is 11.6 Å². The van der Waals surface area contributed by atoms with E-state index in [0.29, 0.717) is 41.7 Å². The first-order valence-electron chi connectivity index (χ1n) is 14.4. The van der Waals surface area contributed by atoms with E-state index in [9.17, 15) is 9.59 Å². The molecule has 3 aromatic rings. The molecule has 210 valence electrons. The number of piperidine rings is 2. The first-order valence-corrected chi connectivity index (χ1v) is 14.4. The summed E-state index contributed by atoms with van der Waals surface area (Å²) in [6.45, 7) is 8.20. The number of amides is 2. The zero-order chi connectivity index (χ0) is 27.9. The zero-order valence-electron chi connectivity index (χ0n) is 23.4. The fourth-order valence-electron chi connectivity index (χ4n) is 6.66. The first-order chi connectivity index (χ1) is 19.3. The van der Waals surface area contributed by atoms with E-state index in [1.54, 1.807) is 6.20 Å². The van der Waals surface area contributed by atoms with Gasteiger partial charge in [0.05, 0.1) is 12.1 Å². The van der Waals surface area contributed by atoms with Crippen molar-refractivity contribution < 1.29 is 9.59 Å². The van der Waals surface area contributed by atoms with Gasteiger partial charge < -0.3 is 20.9 Å². The third-order valence-electron chi connectivity index (χ3n) is 8.67. The van der Waals surface area contributed by atoms with Crippen molar-refractivity contribution in [3.8, 4) is 11.4 Å². The molecule has 2 aliphatic heterocycles. The van der Waals surface area contributed by atoms with Crippen molar-refractivity contribution >= 4 is 23.5 Å². The molecule has 3 aliphatic rings. The van der Waals surface area contributed by atoms with Gasteiger partial charge in [-0.25, -0.2) is 9.97 Å². The lowest BCUT2D eigenvalue weighted by Crippen LogP contribution is -2.48. The smallest absolute Gasteiger partial charge is 0.273 e. The molecule has 2 amide bonds. The lowest BCUT2D eigenvalue weighted by atomic mass is 9.73. The van der Waals surface area contributed by atoms with Crippen LogP contribution >= 0.6 is 0 Å². The van der Waals surface area contributed by atoms with Crippen molar-refractivity contribution in [1.82, 2.24) is 30.0 Å². The molecular formula is C30H38N8O2. The second-order valence-electron chi connectivity index (χ2n) is 12.0. The van der Waals surface area contributed by atoms with Gasteiger partial charge in [0.2, 0.25) is 11.9 Å². The Morgan fingerprint density at radius 2 is 1.88 bits per heavy atom. The number of benzene rings is 1. The lowest BCUT2D eigenvalue weighted by molar-refractivity contribution is -0.132. The number of rotatable bonds is 5. The number of fused-ring (bicyclic) bond motifs is 3. The molecule has 2 saturated heterocycles. The topological polar surface area (TPSA) is 133 Å². The second-order valence-corrected chi connectivity index (χ2v) is 12.0. The Balaban J connectivity index is 1.11. The van der Waals surface area contributed by atoms with E-state index in [0.717, 1.165) is 42.6 Å². The number of nitrogens with two attached hydrogens (primary N) is 1. The van der Waals surface area contributed by atoms with E-state index in [2.05, 4.69) is 44.2 Å². The minimum absolute atomic E-state index is 0.143. The van der Waals surface area contributed by atoms with E-state index < -0.39 is 0 Å². The maximum Gasteiger partial charge on any atom is 0.273 e. The van der Waals surface area contributed by atoms with Crippen LogP contribution < -0.4 is 11.1 Å². The summed E-state index contributed by atoms with van der Waals surface area (Å²) >= 11 is 0. The van der Waals surface area contributed by atoms with Gasteiger partial charge >= 0.3 is 0 Å². The Hall–Kier alpha value is -3.79. The maximum atomic E-state index is 13.4. The highest BCUT2D eigenvalue weighted by atomic mass is 16.2. The highest BCUT2D eigenvalue weighted by Gasteiger charge is 2.38. The molecule has 1 aliphatic carbocycles. The molecule has 0 unspecified atom stereocenters. The summed E-state index contributed by atoms with van der Waals surface area (Å²) in [5.41, 5.74) is 10.5. The van der Waals surface area contributed by atoms with Gasteiger partial charge in [-0.2, -0.15) is 5.10 Å². The van der Waals surface area contributed by atoms with E-state index in [1.165, 1.54) is 32.4 Å². The summed E-state index contributed by atoms with van der Waals surface area (Å²) in [4.78, 5) is 39.7. The molecule has 4 N–H and O–H groups in total. The number of aromatic nitrogens is 4. The summed E-state index contributed by atoms with van der Waals surface area (Å²) in [6.07, 6.45) is 8.76. The molecule has 4 heterocycles. The van der Waals surface area contributed by atoms with Gasteiger partial charge in [0, 0.05) is 36.6 Å². The fraction of sp³-hybridized carbons (Fsp3) is 0.500. The molecule has 0 saturated carbocycles. The second kappa shape index (κ2) is 10.6. The number of carbonyl (C=O) groups excluding carboxylic acids is 2. The van der Waals surface area contributed by atoms with Crippen LogP contribution in [0.25, 0.3) is 11.4 Å². The Bertz CT molecular complexity index is 1420. The van der Waals surface area contributed by atoms with Crippen molar-refractivity contribution in [1.29, 1.82) is 0 Å². The van der Waals surface area contributed by atoms with Crippen molar-refractivity contribution in [3.63, 3.8) is 0 Å². The number of nitrogens with zero attached hydrogens (tertiary/aromatic N) is 5. The van der Waals surface area contributed by atoms with Crippen molar-refractivity contribution in [2.75, 3.05) is 37.2 Å². The van der Waals surface area contributed by atoms with Crippen molar-refractivity contribution in [3.05, 3.63) is 52.8 Å². The molecule has 1 aromatic carbocycles. The number of H-pyrrole nitrogens is 1. The normalized spacial score (nSPS) is 19.1. The average molecular weight is 543 g/mol. The molecule has 2 aromatic heterocycles. The molecule has 10 heteroatoms. The molecule has 2 fully saturated rings. The van der Waals surface area contributed by atoms with E-state index >= 15 is 0 Å². The van der Waals surface area contributed by atoms with E-state index in [4.69, 9.17) is 5.73 Å². The van der Waals surface area contributed by atoms with Gasteiger partial charge in [0.25, 0.3) is 5.91 Å². The largest absolute Gasteiger partial charge is 0.368 e. The van der Waals surface area contributed by atoms with Crippen molar-refractivity contribution in [2.24, 2.45) is 0 Å². The predicted octanol–water partition coefficient (Wildman–Crippen LogP) is 3.55. The first kappa shape index (κ1) is 26.4. The number of carbonyl (C=O) groups is 2. The van der Waals surface area contributed by atoms with Gasteiger partial charge in [-0.15, -0.1) is 0 Å². The number of likely N-dealkylation sites (tertiary alicyclic amines) is 2. The third-order valence-corrected chi connectivity index (χ3v) is 8.67. The molecule has 0 atom stereocenters. The number of nitrogens with one attached hydrogen (secondary N) is 2. The molecule has 0 spiro atoms. The standard InChI is InChI=1S/C30H38N8O2/c1-30(2)17-20-18-32-29(31)34-25(20)26-24(30)27(36-35-26)28(40)33-21-8-6-7-19(15-21)16-23(39)38-13-9-22(10-14-38)37-11-4-3-5-12-37/h6-8,15,18,22H,3-5,9-14,16-17H2,1-2H3,(H,33,40)(H,35,36)(H2,31,32,34). The molecule has 10 nitrogen and oxygen atoms in total. The SMILES string of the molecule is CC1(C)Cc2cnc(N)nc2-c2n[nH]c(C(=O)Nc3cccc(CC(=O)N4CCC(N5CCCCC5)CC4)c3)c21. The lowest BCUT2D eigenvalue weighted by Gasteiger charge is -2.40. The Labute approximate surface area is 234 Å². The Kier molecular flexibility index (Phi) is 7.04. The molecule has 40 heavy (non-hydrogen) atoms. The number of aromatic amines is 1. The van der Waals surface area contributed by atoms with Crippen LogP contribution in [0.5, 0.6) is 0 Å². The van der Waals surface area contributed by atoms with Crippen LogP contribution in [-0.4, -0.2) is 74.0 Å². The quantitative estimate of drug-likeness (QED) is 0.449. The van der Waals surface area contributed by atoms with Gasteiger partial charge in [-0.1, -0.05) is 32.4 Å². The molecule has 6 rings (SSSR count). The highest BCUT2D eigenvalue weighted by molar-refractivity contribution is 6.05. The number of hydrogen-bond donors (Lipinski definition) is 3. The minimum Gasteiger partial charge on any atom is -0.368 e. The monoisotopic (exact) mass is 542 g/mol. The summed E-state index contributed by atoms with van der Waals surface area (Å²) in [5, 5.41) is 10.4. The number of nitrogen functional groups attached to an aromatic ring is 1. The van der Waals surface area contributed by atoms with Gasteiger partial charge in [-0.05, 0) is 73.9 Å². The predicted molar refractivity (Wildman–Crippen MR) is 154 cm³/mol. The Morgan fingerprint density at radius 3 is 2.65 bits per heavy atom. The third kappa shape index (κ3) is 5.20. The van der Waals surface area contributed by atoms with Crippen LogP contribution in [0.2, 0.25) is 0 Å². The van der Waals surface area contributed by atoms with Crippen LogP contribution in [0.15, 0.2) is 30.5 Å². The summed E-state index contributed by atoms with van der Waals surface area (Å²) in [7, 11) is 0. The average Bonchev–Trinajstić information content (AvgIpc) is 3.42. The Morgan fingerprint density at radius 1 is 1.10 bits per heavy atom. The summed E-state index contributed by atoms with van der Waals surface area (Å²) < 4.78 is 0.